The van der Waals surface area contributed by atoms with Crippen LogP contribution in [0.4, 0.5) is 0 Å². The van der Waals surface area contributed by atoms with Gasteiger partial charge in [0.05, 0.1) is 32.3 Å². The fraction of sp³-hybridized carbons (Fsp3) is 0.565. The molecule has 1 aromatic rings. The van der Waals surface area contributed by atoms with E-state index in [2.05, 4.69) is 24.1 Å². The Morgan fingerprint density at radius 3 is 1.94 bits per heavy atom. The molecule has 0 aliphatic carbocycles. The number of piperazine rings is 1. The van der Waals surface area contributed by atoms with Gasteiger partial charge in [-0.25, -0.2) is 0 Å². The van der Waals surface area contributed by atoms with E-state index in [0.29, 0.717) is 6.04 Å². The summed E-state index contributed by atoms with van der Waals surface area (Å²) in [6, 6.07) is 6.46. The van der Waals surface area contributed by atoms with Crippen LogP contribution >= 0.6 is 11.6 Å². The number of carboxylic acid groups (broad SMARTS) is 4. The summed E-state index contributed by atoms with van der Waals surface area (Å²) in [5.41, 5.74) is 1.19. The van der Waals surface area contributed by atoms with Crippen LogP contribution in [0.5, 0.6) is 5.75 Å². The molecule has 35 heavy (non-hydrogen) atoms. The first-order valence-electron chi connectivity index (χ1n) is 11.2. The number of nitrogens with one attached hydrogen (secondary N) is 1. The lowest BCUT2D eigenvalue weighted by Gasteiger charge is -2.32. The topological polar surface area (TPSA) is 174 Å². The van der Waals surface area contributed by atoms with Crippen LogP contribution in [0.15, 0.2) is 18.2 Å². The molecule has 0 unspecified atom stereocenters. The molecule has 1 fully saturated rings. The highest BCUT2D eigenvalue weighted by atomic mass is 35.5. The highest BCUT2D eigenvalue weighted by Crippen LogP contribution is 2.25. The quantitative estimate of drug-likeness (QED) is 0.291. The summed E-state index contributed by atoms with van der Waals surface area (Å²) < 4.78 is 5.81. The third-order valence-corrected chi connectivity index (χ3v) is 4.67. The van der Waals surface area contributed by atoms with Gasteiger partial charge in [0.1, 0.15) is 5.75 Å². The van der Waals surface area contributed by atoms with Crippen LogP contribution in [0.3, 0.4) is 0 Å². The monoisotopic (exact) mass is 518 g/mol. The second-order valence-electron chi connectivity index (χ2n) is 7.77. The van der Waals surface area contributed by atoms with Gasteiger partial charge < -0.3 is 30.5 Å². The fourth-order valence-corrected chi connectivity index (χ4v) is 3.04. The van der Waals surface area contributed by atoms with Gasteiger partial charge in [0, 0.05) is 42.8 Å². The Morgan fingerprint density at radius 1 is 1.00 bits per heavy atom. The Kier molecular flexibility index (Phi) is 16.9. The third-order valence-electron chi connectivity index (χ3n) is 4.44. The fourth-order valence-electron chi connectivity index (χ4n) is 2.85. The van der Waals surface area contributed by atoms with Gasteiger partial charge >= 0.3 is 23.9 Å². The average Bonchev–Trinajstić information content (AvgIpc) is 2.77. The lowest BCUT2D eigenvalue weighted by Crippen LogP contribution is -2.48. The van der Waals surface area contributed by atoms with E-state index < -0.39 is 23.9 Å². The van der Waals surface area contributed by atoms with Gasteiger partial charge in [0.25, 0.3) is 0 Å². The van der Waals surface area contributed by atoms with Crippen LogP contribution in [-0.2, 0) is 25.7 Å². The first-order valence-corrected chi connectivity index (χ1v) is 11.6. The van der Waals surface area contributed by atoms with E-state index in [1.54, 1.807) is 0 Å². The van der Waals surface area contributed by atoms with E-state index in [-0.39, 0.29) is 25.7 Å². The van der Waals surface area contributed by atoms with Crippen molar-refractivity contribution in [1.29, 1.82) is 0 Å². The number of hydrogen-bond donors (Lipinski definition) is 5. The zero-order valence-corrected chi connectivity index (χ0v) is 20.8. The van der Waals surface area contributed by atoms with Crippen molar-refractivity contribution in [3.05, 3.63) is 28.8 Å². The minimum absolute atomic E-state index is 0.296. The summed E-state index contributed by atoms with van der Waals surface area (Å²) in [5, 5.41) is 35.8. The number of nitrogens with zero attached hydrogens (tertiary/aromatic N) is 1. The van der Waals surface area contributed by atoms with Gasteiger partial charge in [0.2, 0.25) is 0 Å². The number of aliphatic carboxylic acids is 4. The lowest BCUT2D eigenvalue weighted by atomic mass is 10.1. The van der Waals surface area contributed by atoms with E-state index in [0.717, 1.165) is 50.0 Å². The van der Waals surface area contributed by atoms with E-state index in [1.807, 2.05) is 18.2 Å². The molecular formula is C23H35ClN2O9. The number of carbonyl (C=O) groups is 4. The van der Waals surface area contributed by atoms with Crippen molar-refractivity contribution >= 4 is 35.5 Å². The predicted octanol–water partition coefficient (Wildman–Crippen LogP) is 2.79. The van der Waals surface area contributed by atoms with Gasteiger partial charge in [-0.1, -0.05) is 18.5 Å². The zero-order chi connectivity index (χ0) is 26.8. The summed E-state index contributed by atoms with van der Waals surface area (Å²) in [7, 11) is 0. The van der Waals surface area contributed by atoms with Crippen molar-refractivity contribution in [2.75, 3.05) is 26.2 Å². The number of rotatable bonds is 11. The molecule has 2 rings (SSSR count). The van der Waals surface area contributed by atoms with Gasteiger partial charge in [-0.2, -0.15) is 0 Å². The van der Waals surface area contributed by atoms with Crippen LogP contribution in [0.2, 0.25) is 5.02 Å². The Morgan fingerprint density at radius 2 is 1.51 bits per heavy atom. The van der Waals surface area contributed by atoms with E-state index in [4.69, 9.17) is 36.8 Å². The molecule has 1 heterocycles. The Hall–Kier alpha value is -2.89. The normalized spacial score (nSPS) is 15.0. The lowest BCUT2D eigenvalue weighted by molar-refractivity contribution is -0.143. The minimum atomic E-state index is -1.08. The van der Waals surface area contributed by atoms with Crippen LogP contribution < -0.4 is 10.1 Å². The maximum absolute atomic E-state index is 9.64. The first kappa shape index (κ1) is 32.1. The van der Waals surface area contributed by atoms with Gasteiger partial charge in [0.15, 0.2) is 0 Å². The summed E-state index contributed by atoms with van der Waals surface area (Å²) in [6.45, 7) is 9.20. The number of benzene rings is 1. The standard InChI is InChI=1S/C15H23ClN2O.2C4H6O4/c1-3-8-19-15-5-4-14(16)9-13(15)11-18-7-6-17-12(2)10-18;2*5-3(6)1-2-4(7)8/h4-5,9,12,17H,3,6-8,10-11H2,1-2H3;2*1-2H2,(H,5,6)(H,7,8)/t12-;;/m0../s1. The molecule has 198 valence electrons. The van der Waals surface area contributed by atoms with E-state index in [1.165, 1.54) is 5.56 Å². The molecule has 1 aliphatic rings. The third kappa shape index (κ3) is 18.2. The molecule has 0 aromatic heterocycles. The molecule has 1 aromatic carbocycles. The average molecular weight is 519 g/mol. The summed E-state index contributed by atoms with van der Waals surface area (Å²) in [6.07, 6.45) is -0.165. The molecule has 0 bridgehead atoms. The minimum Gasteiger partial charge on any atom is -0.493 e. The largest absolute Gasteiger partial charge is 0.493 e. The molecular weight excluding hydrogens is 484 g/mol. The Bertz CT molecular complexity index is 764. The van der Waals surface area contributed by atoms with Crippen molar-refractivity contribution in [2.45, 2.75) is 58.5 Å². The van der Waals surface area contributed by atoms with Gasteiger partial charge in [-0.15, -0.1) is 0 Å². The molecule has 11 nitrogen and oxygen atoms in total. The molecule has 0 spiro atoms. The molecule has 1 aliphatic heterocycles. The molecule has 0 amide bonds. The smallest absolute Gasteiger partial charge is 0.303 e. The SMILES string of the molecule is CCCOc1ccc(Cl)cc1CN1CCN[C@@H](C)C1.O=C(O)CCC(=O)O.O=C(O)CCC(=O)O. The zero-order valence-electron chi connectivity index (χ0n) is 20.0. The van der Waals surface area contributed by atoms with Crippen LogP contribution in [0.1, 0.15) is 51.5 Å². The first-order chi connectivity index (χ1) is 16.4. The van der Waals surface area contributed by atoms with Crippen LogP contribution in [0.25, 0.3) is 0 Å². The molecule has 0 saturated carbocycles. The molecule has 5 N–H and O–H groups in total. The number of halogens is 1. The van der Waals surface area contributed by atoms with Gasteiger partial charge in [-0.05, 0) is 31.5 Å². The molecule has 1 atom stereocenters. The second kappa shape index (κ2) is 18.4. The Balaban J connectivity index is 0.000000601. The van der Waals surface area contributed by atoms with E-state index in [9.17, 15) is 19.2 Å². The maximum atomic E-state index is 9.64. The summed E-state index contributed by atoms with van der Waals surface area (Å²) in [5.74, 6) is -3.34. The summed E-state index contributed by atoms with van der Waals surface area (Å²) >= 11 is 6.11. The number of carboxylic acids is 4. The van der Waals surface area contributed by atoms with E-state index >= 15 is 0 Å². The summed E-state index contributed by atoms with van der Waals surface area (Å²) in [4.78, 5) is 41.0. The molecule has 12 heteroatoms. The Labute approximate surface area is 209 Å². The van der Waals surface area contributed by atoms with Crippen molar-refractivity contribution in [2.24, 2.45) is 0 Å². The van der Waals surface area contributed by atoms with Crippen molar-refractivity contribution in [1.82, 2.24) is 10.2 Å². The van der Waals surface area contributed by atoms with Crippen molar-refractivity contribution < 1.29 is 44.3 Å². The van der Waals surface area contributed by atoms with Crippen LogP contribution in [-0.4, -0.2) is 81.5 Å². The van der Waals surface area contributed by atoms with Crippen molar-refractivity contribution in [3.63, 3.8) is 0 Å². The predicted molar refractivity (Wildman–Crippen MR) is 129 cm³/mol. The van der Waals surface area contributed by atoms with Crippen LogP contribution in [0, 0.1) is 0 Å². The number of hydrogen-bond acceptors (Lipinski definition) is 7. The molecule has 1 saturated heterocycles. The second-order valence-corrected chi connectivity index (χ2v) is 8.20. The highest BCUT2D eigenvalue weighted by molar-refractivity contribution is 6.30. The molecule has 0 radical (unpaired) electrons. The van der Waals surface area contributed by atoms with Gasteiger partial charge in [-0.3, -0.25) is 24.1 Å². The van der Waals surface area contributed by atoms with Crippen molar-refractivity contribution in [3.8, 4) is 5.75 Å². The maximum Gasteiger partial charge on any atom is 0.303 e. The number of ether oxygens (including phenoxy) is 1. The highest BCUT2D eigenvalue weighted by Gasteiger charge is 2.17.